The van der Waals surface area contributed by atoms with Crippen molar-refractivity contribution < 1.29 is 4.79 Å². The number of aromatic nitrogens is 1. The molecule has 3 rings (SSSR count). The summed E-state index contributed by atoms with van der Waals surface area (Å²) in [6.07, 6.45) is 1.68. The molecule has 1 aliphatic rings. The van der Waals surface area contributed by atoms with Crippen LogP contribution in [0, 0.1) is 0 Å². The molecule has 1 aromatic heterocycles. The van der Waals surface area contributed by atoms with Gasteiger partial charge < -0.3 is 15.1 Å². The lowest BCUT2D eigenvalue weighted by atomic mass is 10.2. The first-order valence-electron chi connectivity index (χ1n) is 7.48. The number of para-hydroxylation sites is 1. The third kappa shape index (κ3) is 3.43. The number of nitrogens with zero attached hydrogens (tertiary/aromatic N) is 3. The molecule has 0 unspecified atom stereocenters. The Morgan fingerprint density at radius 1 is 1.05 bits per heavy atom. The summed E-state index contributed by atoms with van der Waals surface area (Å²) in [4.78, 5) is 20.9. The maximum absolute atomic E-state index is 12.5. The predicted octanol–water partition coefficient (Wildman–Crippen LogP) is 2.21. The third-order valence-electron chi connectivity index (χ3n) is 3.83. The van der Waals surface area contributed by atoms with E-state index in [1.165, 1.54) is 0 Å². The van der Waals surface area contributed by atoms with Gasteiger partial charge in [0, 0.05) is 43.8 Å². The number of hydrogen-bond acceptors (Lipinski definition) is 4. The van der Waals surface area contributed by atoms with Gasteiger partial charge in [-0.1, -0.05) is 18.2 Å². The average molecular weight is 296 g/mol. The van der Waals surface area contributed by atoms with E-state index in [0.29, 0.717) is 5.69 Å². The summed E-state index contributed by atoms with van der Waals surface area (Å²) in [5, 5.41) is 3.29. The van der Waals surface area contributed by atoms with E-state index in [1.54, 1.807) is 6.20 Å². The number of pyridine rings is 1. The van der Waals surface area contributed by atoms with E-state index in [1.807, 2.05) is 47.4 Å². The first kappa shape index (κ1) is 14.5. The van der Waals surface area contributed by atoms with Crippen molar-refractivity contribution >= 4 is 17.3 Å². The fourth-order valence-electron chi connectivity index (χ4n) is 2.48. The maximum Gasteiger partial charge on any atom is 0.272 e. The SMILES string of the molecule is CN1CCN(C(=O)c2cc(Nc3ccccc3)ccn2)CC1. The summed E-state index contributed by atoms with van der Waals surface area (Å²) in [5.41, 5.74) is 2.36. The Kier molecular flexibility index (Phi) is 4.34. The quantitative estimate of drug-likeness (QED) is 0.943. The Hall–Kier alpha value is -2.40. The highest BCUT2D eigenvalue weighted by Crippen LogP contribution is 2.17. The fraction of sp³-hybridized carbons (Fsp3) is 0.294. The number of rotatable bonds is 3. The van der Waals surface area contributed by atoms with Crippen LogP contribution in [0.15, 0.2) is 48.7 Å². The van der Waals surface area contributed by atoms with Crippen LogP contribution < -0.4 is 5.32 Å². The number of nitrogens with one attached hydrogen (secondary N) is 1. The summed E-state index contributed by atoms with van der Waals surface area (Å²) >= 11 is 0. The van der Waals surface area contributed by atoms with Crippen LogP contribution in [0.2, 0.25) is 0 Å². The van der Waals surface area contributed by atoms with Gasteiger partial charge in [-0.2, -0.15) is 0 Å². The highest BCUT2D eigenvalue weighted by molar-refractivity contribution is 5.93. The topological polar surface area (TPSA) is 48.5 Å². The third-order valence-corrected chi connectivity index (χ3v) is 3.83. The van der Waals surface area contributed by atoms with Gasteiger partial charge in [0.1, 0.15) is 5.69 Å². The molecule has 0 spiro atoms. The molecule has 1 N–H and O–H groups in total. The highest BCUT2D eigenvalue weighted by Gasteiger charge is 2.21. The number of amides is 1. The molecule has 1 aromatic carbocycles. The first-order chi connectivity index (χ1) is 10.7. The standard InChI is InChI=1S/C17H20N4O/c1-20-9-11-21(12-10-20)17(22)16-13-15(7-8-18-16)19-14-5-3-2-4-6-14/h2-8,13H,9-12H2,1H3,(H,18,19). The fourth-order valence-corrected chi connectivity index (χ4v) is 2.48. The van der Waals surface area contributed by atoms with Crippen LogP contribution in [0.1, 0.15) is 10.5 Å². The molecule has 1 saturated heterocycles. The molecule has 5 nitrogen and oxygen atoms in total. The Bertz CT molecular complexity index is 636. The van der Waals surface area contributed by atoms with Crippen LogP contribution in [0.3, 0.4) is 0 Å². The number of anilines is 2. The minimum atomic E-state index is 0.00446. The smallest absolute Gasteiger partial charge is 0.272 e. The van der Waals surface area contributed by atoms with Crippen LogP contribution in [0.4, 0.5) is 11.4 Å². The molecule has 2 aromatic rings. The summed E-state index contributed by atoms with van der Waals surface area (Å²) < 4.78 is 0. The Balaban J connectivity index is 1.72. The summed E-state index contributed by atoms with van der Waals surface area (Å²) in [5.74, 6) is 0.00446. The largest absolute Gasteiger partial charge is 0.355 e. The van der Waals surface area contributed by atoms with E-state index in [9.17, 15) is 4.79 Å². The zero-order valence-electron chi connectivity index (χ0n) is 12.7. The van der Waals surface area contributed by atoms with Crippen LogP contribution in [0.25, 0.3) is 0 Å². The Morgan fingerprint density at radius 3 is 2.50 bits per heavy atom. The van der Waals surface area contributed by atoms with Crippen molar-refractivity contribution in [2.75, 3.05) is 38.5 Å². The monoisotopic (exact) mass is 296 g/mol. The lowest BCUT2D eigenvalue weighted by molar-refractivity contribution is 0.0658. The zero-order valence-corrected chi connectivity index (χ0v) is 12.7. The number of carbonyl (C=O) groups excluding carboxylic acids is 1. The van der Waals surface area contributed by atoms with Gasteiger partial charge in [0.25, 0.3) is 5.91 Å². The number of benzene rings is 1. The van der Waals surface area contributed by atoms with Gasteiger partial charge in [-0.15, -0.1) is 0 Å². The number of hydrogen-bond donors (Lipinski definition) is 1. The van der Waals surface area contributed by atoms with Gasteiger partial charge in [-0.25, -0.2) is 0 Å². The van der Waals surface area contributed by atoms with E-state index < -0.39 is 0 Å². The van der Waals surface area contributed by atoms with Crippen LogP contribution in [0.5, 0.6) is 0 Å². The van der Waals surface area contributed by atoms with Crippen molar-refractivity contribution in [1.82, 2.24) is 14.8 Å². The van der Waals surface area contributed by atoms with Crippen molar-refractivity contribution in [3.05, 3.63) is 54.4 Å². The predicted molar refractivity (Wildman–Crippen MR) is 87.4 cm³/mol. The molecule has 0 atom stereocenters. The number of piperazine rings is 1. The first-order valence-corrected chi connectivity index (χ1v) is 7.48. The molecule has 114 valence electrons. The molecule has 1 amide bonds. The van der Waals surface area contributed by atoms with Crippen LogP contribution in [-0.4, -0.2) is 53.9 Å². The Labute approximate surface area is 130 Å². The average Bonchev–Trinajstić information content (AvgIpc) is 2.56. The van der Waals surface area contributed by atoms with E-state index in [0.717, 1.165) is 37.6 Å². The second kappa shape index (κ2) is 6.58. The zero-order chi connectivity index (χ0) is 15.4. The Morgan fingerprint density at radius 2 is 1.77 bits per heavy atom. The van der Waals surface area contributed by atoms with Gasteiger partial charge in [0.15, 0.2) is 0 Å². The normalized spacial score (nSPS) is 15.6. The van der Waals surface area contributed by atoms with Crippen molar-refractivity contribution in [3.63, 3.8) is 0 Å². The molecule has 0 aliphatic carbocycles. The van der Waals surface area contributed by atoms with Gasteiger partial charge in [0.2, 0.25) is 0 Å². The van der Waals surface area contributed by atoms with Gasteiger partial charge >= 0.3 is 0 Å². The minimum absolute atomic E-state index is 0.00446. The molecule has 1 aliphatic heterocycles. The van der Waals surface area contributed by atoms with Gasteiger partial charge in [-0.05, 0) is 31.3 Å². The molecule has 0 bridgehead atoms. The molecule has 0 radical (unpaired) electrons. The van der Waals surface area contributed by atoms with Crippen LogP contribution in [-0.2, 0) is 0 Å². The maximum atomic E-state index is 12.5. The lowest BCUT2D eigenvalue weighted by Crippen LogP contribution is -2.47. The van der Waals surface area contributed by atoms with Crippen LogP contribution >= 0.6 is 0 Å². The molecule has 0 saturated carbocycles. The molecular formula is C17H20N4O. The molecular weight excluding hydrogens is 276 g/mol. The second-order valence-corrected chi connectivity index (χ2v) is 5.52. The lowest BCUT2D eigenvalue weighted by Gasteiger charge is -2.32. The summed E-state index contributed by atoms with van der Waals surface area (Å²) in [6.45, 7) is 3.34. The molecule has 22 heavy (non-hydrogen) atoms. The number of carbonyl (C=O) groups is 1. The second-order valence-electron chi connectivity index (χ2n) is 5.52. The molecule has 1 fully saturated rings. The van der Waals surface area contributed by atoms with Crippen molar-refractivity contribution in [2.45, 2.75) is 0 Å². The summed E-state index contributed by atoms with van der Waals surface area (Å²) in [6, 6.07) is 13.6. The van der Waals surface area contributed by atoms with E-state index >= 15 is 0 Å². The minimum Gasteiger partial charge on any atom is -0.355 e. The molecule has 2 heterocycles. The molecule has 5 heteroatoms. The number of likely N-dealkylation sites (N-methyl/N-ethyl adjacent to an activating group) is 1. The van der Waals surface area contributed by atoms with Gasteiger partial charge in [0.05, 0.1) is 0 Å². The van der Waals surface area contributed by atoms with Crippen molar-refractivity contribution in [2.24, 2.45) is 0 Å². The van der Waals surface area contributed by atoms with E-state index in [2.05, 4.69) is 22.2 Å². The summed E-state index contributed by atoms with van der Waals surface area (Å²) in [7, 11) is 2.07. The van der Waals surface area contributed by atoms with E-state index in [4.69, 9.17) is 0 Å². The van der Waals surface area contributed by atoms with Crippen molar-refractivity contribution in [3.8, 4) is 0 Å². The van der Waals surface area contributed by atoms with E-state index in [-0.39, 0.29) is 5.91 Å². The van der Waals surface area contributed by atoms with Crippen molar-refractivity contribution in [1.29, 1.82) is 0 Å². The van der Waals surface area contributed by atoms with Gasteiger partial charge in [-0.3, -0.25) is 9.78 Å². The highest BCUT2D eigenvalue weighted by atomic mass is 16.2.